The van der Waals surface area contributed by atoms with E-state index in [0.717, 1.165) is 5.56 Å². The van der Waals surface area contributed by atoms with E-state index in [1.807, 2.05) is 0 Å². The lowest BCUT2D eigenvalue weighted by Crippen LogP contribution is -2.52. The Morgan fingerprint density at radius 1 is 1.27 bits per heavy atom. The van der Waals surface area contributed by atoms with Crippen molar-refractivity contribution in [2.75, 3.05) is 13.1 Å². The fraction of sp³-hybridized carbons (Fsp3) is 0.529. The summed E-state index contributed by atoms with van der Waals surface area (Å²) in [6.07, 6.45) is 1.25. The van der Waals surface area contributed by atoms with Gasteiger partial charge < -0.3 is 10.0 Å². The van der Waals surface area contributed by atoms with Crippen LogP contribution in [0.5, 0.6) is 0 Å². The molecule has 1 amide bonds. The van der Waals surface area contributed by atoms with Crippen LogP contribution >= 0.6 is 0 Å². The molecule has 1 unspecified atom stereocenters. The number of halogens is 1. The molecule has 1 saturated heterocycles. The highest BCUT2D eigenvalue weighted by atomic mass is 19.1. The van der Waals surface area contributed by atoms with Crippen LogP contribution in [0.25, 0.3) is 0 Å². The van der Waals surface area contributed by atoms with E-state index < -0.39 is 16.8 Å². The lowest BCUT2D eigenvalue weighted by atomic mass is 9.78. The molecule has 2 rings (SSSR count). The molecule has 0 aliphatic carbocycles. The van der Waals surface area contributed by atoms with Crippen molar-refractivity contribution in [2.45, 2.75) is 39.0 Å². The predicted molar refractivity (Wildman–Crippen MR) is 81.0 cm³/mol. The Morgan fingerprint density at radius 2 is 1.86 bits per heavy atom. The van der Waals surface area contributed by atoms with Gasteiger partial charge in [-0.2, -0.15) is 0 Å². The number of carboxylic acid groups (broad SMARTS) is 1. The summed E-state index contributed by atoms with van der Waals surface area (Å²) < 4.78 is 13.1. The number of hydrogen-bond donors (Lipinski definition) is 1. The number of carbonyl (C=O) groups is 2. The van der Waals surface area contributed by atoms with Crippen molar-refractivity contribution in [3.8, 4) is 0 Å². The summed E-state index contributed by atoms with van der Waals surface area (Å²) in [7, 11) is 0. The minimum Gasteiger partial charge on any atom is -0.481 e. The van der Waals surface area contributed by atoms with Crippen molar-refractivity contribution in [3.05, 3.63) is 35.6 Å². The molecule has 1 aliphatic heterocycles. The number of nitrogens with zero attached hydrogens (tertiary/aromatic N) is 1. The van der Waals surface area contributed by atoms with Gasteiger partial charge in [0.1, 0.15) is 5.82 Å². The smallest absolute Gasteiger partial charge is 0.311 e. The highest BCUT2D eigenvalue weighted by Gasteiger charge is 2.42. The molecule has 1 N–H and O–H groups in total. The van der Waals surface area contributed by atoms with Gasteiger partial charge in [0, 0.05) is 13.1 Å². The summed E-state index contributed by atoms with van der Waals surface area (Å²) in [5.41, 5.74) is -0.987. The summed E-state index contributed by atoms with van der Waals surface area (Å²) in [6.45, 7) is 6.03. The number of rotatable bonds is 3. The Labute approximate surface area is 129 Å². The van der Waals surface area contributed by atoms with E-state index in [4.69, 9.17) is 0 Å². The fourth-order valence-electron chi connectivity index (χ4n) is 2.97. The molecule has 1 aromatic carbocycles. The van der Waals surface area contributed by atoms with Gasteiger partial charge in [0.2, 0.25) is 5.91 Å². The third-order valence-corrected chi connectivity index (χ3v) is 4.60. The predicted octanol–water partition coefficient (Wildman–Crippen LogP) is 2.82. The van der Waals surface area contributed by atoms with Crippen molar-refractivity contribution in [3.63, 3.8) is 0 Å². The first kappa shape index (κ1) is 16.5. The normalized spacial score (nSPS) is 22.5. The number of benzene rings is 1. The number of piperidine rings is 1. The van der Waals surface area contributed by atoms with Gasteiger partial charge >= 0.3 is 5.97 Å². The van der Waals surface area contributed by atoms with Crippen molar-refractivity contribution in [1.82, 2.24) is 4.90 Å². The third kappa shape index (κ3) is 2.98. The van der Waals surface area contributed by atoms with Gasteiger partial charge in [0.15, 0.2) is 0 Å². The molecule has 1 atom stereocenters. The Morgan fingerprint density at radius 3 is 2.41 bits per heavy atom. The minimum absolute atomic E-state index is 0.119. The second-order valence-electron chi connectivity index (χ2n) is 6.83. The zero-order chi connectivity index (χ0) is 16.5. The highest BCUT2D eigenvalue weighted by molar-refractivity contribution is 5.88. The number of carbonyl (C=O) groups excluding carboxylic acids is 1. The maximum Gasteiger partial charge on any atom is 0.311 e. The van der Waals surface area contributed by atoms with Crippen LogP contribution in [0.4, 0.5) is 4.39 Å². The van der Waals surface area contributed by atoms with E-state index in [0.29, 0.717) is 19.4 Å². The molecule has 0 radical (unpaired) electrons. The van der Waals surface area contributed by atoms with Gasteiger partial charge in [-0.05, 0) is 51.3 Å². The molecule has 0 saturated carbocycles. The summed E-state index contributed by atoms with van der Waals surface area (Å²) in [4.78, 5) is 25.9. The van der Waals surface area contributed by atoms with Gasteiger partial charge in [-0.15, -0.1) is 0 Å². The lowest BCUT2D eigenvalue weighted by molar-refractivity contribution is -0.154. The van der Waals surface area contributed by atoms with Crippen LogP contribution < -0.4 is 0 Å². The minimum atomic E-state index is -0.896. The van der Waals surface area contributed by atoms with Crippen LogP contribution in [0.1, 0.15) is 39.2 Å². The van der Waals surface area contributed by atoms with Gasteiger partial charge in [-0.25, -0.2) is 4.39 Å². The molecule has 4 nitrogen and oxygen atoms in total. The summed E-state index contributed by atoms with van der Waals surface area (Å²) in [5, 5.41) is 9.37. The largest absolute Gasteiger partial charge is 0.481 e. The third-order valence-electron chi connectivity index (χ3n) is 4.60. The molecule has 22 heavy (non-hydrogen) atoms. The highest BCUT2D eigenvalue weighted by Crippen LogP contribution is 2.33. The molecule has 0 aromatic heterocycles. The molecule has 0 spiro atoms. The number of hydrogen-bond acceptors (Lipinski definition) is 2. The Balaban J connectivity index is 2.22. The molecule has 1 aliphatic rings. The van der Waals surface area contributed by atoms with E-state index >= 15 is 0 Å². The zero-order valence-corrected chi connectivity index (χ0v) is 13.2. The first-order chi connectivity index (χ1) is 10.2. The van der Waals surface area contributed by atoms with Gasteiger partial charge in [0.25, 0.3) is 0 Å². The molecule has 0 bridgehead atoms. The lowest BCUT2D eigenvalue weighted by Gasteiger charge is -2.41. The van der Waals surface area contributed by atoms with E-state index in [1.54, 1.807) is 37.8 Å². The van der Waals surface area contributed by atoms with Crippen LogP contribution in [0.15, 0.2) is 24.3 Å². The van der Waals surface area contributed by atoms with Gasteiger partial charge in [-0.3, -0.25) is 9.59 Å². The van der Waals surface area contributed by atoms with Crippen molar-refractivity contribution >= 4 is 11.9 Å². The van der Waals surface area contributed by atoms with Crippen LogP contribution in [0.2, 0.25) is 0 Å². The van der Waals surface area contributed by atoms with Crippen LogP contribution in [0.3, 0.4) is 0 Å². The van der Waals surface area contributed by atoms with Crippen molar-refractivity contribution in [1.29, 1.82) is 0 Å². The number of amides is 1. The van der Waals surface area contributed by atoms with Crippen molar-refractivity contribution < 1.29 is 19.1 Å². The second kappa shape index (κ2) is 5.71. The van der Waals surface area contributed by atoms with E-state index in [9.17, 15) is 19.1 Å². The Bertz CT molecular complexity index is 582. The maximum absolute atomic E-state index is 13.1. The fourth-order valence-corrected chi connectivity index (χ4v) is 2.97. The molecule has 1 fully saturated rings. The zero-order valence-electron chi connectivity index (χ0n) is 13.2. The number of aliphatic carboxylic acids is 1. The average Bonchev–Trinajstić information content (AvgIpc) is 2.46. The van der Waals surface area contributed by atoms with Gasteiger partial charge in [0.05, 0.1) is 10.8 Å². The quantitative estimate of drug-likeness (QED) is 0.934. The van der Waals surface area contributed by atoms with Crippen LogP contribution in [0, 0.1) is 11.2 Å². The van der Waals surface area contributed by atoms with Crippen molar-refractivity contribution in [2.24, 2.45) is 5.41 Å². The van der Waals surface area contributed by atoms with Gasteiger partial charge in [-0.1, -0.05) is 12.1 Å². The summed E-state index contributed by atoms with van der Waals surface area (Å²) in [6, 6.07) is 5.88. The molecule has 5 heteroatoms. The number of likely N-dealkylation sites (tertiary alicyclic amines) is 1. The Hall–Kier alpha value is -1.91. The summed E-state index contributed by atoms with van der Waals surface area (Å²) >= 11 is 0. The van der Waals surface area contributed by atoms with E-state index in [-0.39, 0.29) is 18.3 Å². The molecular formula is C17H22FNO3. The topological polar surface area (TPSA) is 57.6 Å². The van der Waals surface area contributed by atoms with Crippen LogP contribution in [-0.2, 0) is 15.0 Å². The maximum atomic E-state index is 13.1. The first-order valence-electron chi connectivity index (χ1n) is 7.46. The average molecular weight is 307 g/mol. The van der Waals surface area contributed by atoms with E-state index in [1.165, 1.54) is 12.1 Å². The van der Waals surface area contributed by atoms with E-state index in [2.05, 4.69) is 0 Å². The number of carboxylic acids is 1. The summed E-state index contributed by atoms with van der Waals surface area (Å²) in [5.74, 6) is -1.33. The molecular weight excluding hydrogens is 285 g/mol. The van der Waals surface area contributed by atoms with Crippen LogP contribution in [-0.4, -0.2) is 35.0 Å². The molecule has 120 valence electrons. The Kier molecular flexibility index (Phi) is 4.27. The molecule has 1 heterocycles. The first-order valence-corrected chi connectivity index (χ1v) is 7.46. The monoisotopic (exact) mass is 307 g/mol. The SMILES string of the molecule is CC1(C(=O)O)CCCN(C(=O)C(C)(C)c2ccc(F)cc2)C1. The molecule has 1 aromatic rings. The standard InChI is InChI=1S/C17H22FNO3/c1-16(2,12-5-7-13(18)8-6-12)14(20)19-10-4-9-17(3,11-19)15(21)22/h5-8H,4,9-11H2,1-3H3,(H,21,22). The second-order valence-corrected chi connectivity index (χ2v) is 6.83.